The summed E-state index contributed by atoms with van der Waals surface area (Å²) >= 11 is 0. The third kappa shape index (κ3) is 3.32. The molecule has 3 nitrogen and oxygen atoms in total. The molecule has 96 valence electrons. The second-order valence-electron chi connectivity index (χ2n) is 5.67. The van der Waals surface area contributed by atoms with Gasteiger partial charge in [-0.25, -0.2) is 4.98 Å². The van der Waals surface area contributed by atoms with Crippen LogP contribution < -0.4 is 5.32 Å². The van der Waals surface area contributed by atoms with Crippen molar-refractivity contribution in [3.8, 4) is 0 Å². The third-order valence-electron chi connectivity index (χ3n) is 3.97. The Balaban J connectivity index is 1.89. The van der Waals surface area contributed by atoms with E-state index in [2.05, 4.69) is 35.8 Å². The fourth-order valence-electron chi connectivity index (χ4n) is 2.87. The van der Waals surface area contributed by atoms with Gasteiger partial charge in [-0.15, -0.1) is 0 Å². The highest BCUT2D eigenvalue weighted by atomic mass is 15.0. The van der Waals surface area contributed by atoms with Crippen molar-refractivity contribution in [1.82, 2.24) is 14.9 Å². The normalized spacial score (nSPS) is 24.7. The standard InChI is InChI=1S/C14H25N3/c1-11(2)16-10-13-6-4-5-12(13)9-14-15-7-8-17(14)3/h7-8,11-13,16H,4-6,9-10H2,1-3H3. The second kappa shape index (κ2) is 5.67. The Morgan fingerprint density at radius 1 is 1.41 bits per heavy atom. The van der Waals surface area contributed by atoms with Gasteiger partial charge in [0.15, 0.2) is 0 Å². The summed E-state index contributed by atoms with van der Waals surface area (Å²) in [5, 5.41) is 3.58. The van der Waals surface area contributed by atoms with Crippen molar-refractivity contribution in [1.29, 1.82) is 0 Å². The predicted octanol–water partition coefficient (Wildman–Crippen LogP) is 2.38. The molecule has 0 aliphatic heterocycles. The molecule has 1 fully saturated rings. The molecule has 17 heavy (non-hydrogen) atoms. The van der Waals surface area contributed by atoms with Crippen LogP contribution in [0.15, 0.2) is 12.4 Å². The first kappa shape index (κ1) is 12.6. The number of aromatic nitrogens is 2. The van der Waals surface area contributed by atoms with Crippen LogP contribution in [0.5, 0.6) is 0 Å². The van der Waals surface area contributed by atoms with Gasteiger partial charge in [-0.05, 0) is 31.2 Å². The molecule has 0 bridgehead atoms. The van der Waals surface area contributed by atoms with E-state index >= 15 is 0 Å². The zero-order valence-electron chi connectivity index (χ0n) is 11.3. The number of imidazole rings is 1. The van der Waals surface area contributed by atoms with Crippen LogP contribution in [0.4, 0.5) is 0 Å². The molecule has 1 aliphatic carbocycles. The SMILES string of the molecule is CC(C)NCC1CCCC1Cc1nccn1C. The molecular formula is C14H25N3. The van der Waals surface area contributed by atoms with E-state index in [1.807, 2.05) is 12.4 Å². The molecule has 1 aliphatic rings. The number of hydrogen-bond acceptors (Lipinski definition) is 2. The quantitative estimate of drug-likeness (QED) is 0.849. The van der Waals surface area contributed by atoms with Crippen LogP contribution in [0.3, 0.4) is 0 Å². The zero-order valence-corrected chi connectivity index (χ0v) is 11.3. The smallest absolute Gasteiger partial charge is 0.108 e. The molecule has 1 aromatic heterocycles. The lowest BCUT2D eigenvalue weighted by atomic mass is 9.92. The van der Waals surface area contributed by atoms with Gasteiger partial charge in [-0.2, -0.15) is 0 Å². The topological polar surface area (TPSA) is 29.9 Å². The fourth-order valence-corrected chi connectivity index (χ4v) is 2.87. The number of rotatable bonds is 5. The predicted molar refractivity (Wildman–Crippen MR) is 70.9 cm³/mol. The molecule has 2 unspecified atom stereocenters. The Morgan fingerprint density at radius 3 is 2.82 bits per heavy atom. The molecular weight excluding hydrogens is 210 g/mol. The summed E-state index contributed by atoms with van der Waals surface area (Å²) in [4.78, 5) is 4.45. The number of nitrogens with zero attached hydrogens (tertiary/aromatic N) is 2. The molecule has 1 N–H and O–H groups in total. The van der Waals surface area contributed by atoms with Crippen LogP contribution in [0.1, 0.15) is 38.9 Å². The van der Waals surface area contributed by atoms with Crippen LogP contribution in [-0.2, 0) is 13.5 Å². The lowest BCUT2D eigenvalue weighted by Crippen LogP contribution is -2.31. The average Bonchev–Trinajstić information content (AvgIpc) is 2.87. The van der Waals surface area contributed by atoms with Crippen molar-refractivity contribution in [2.75, 3.05) is 6.54 Å². The summed E-state index contributed by atoms with van der Waals surface area (Å²) in [6.45, 7) is 5.62. The molecule has 2 atom stereocenters. The largest absolute Gasteiger partial charge is 0.338 e. The number of aryl methyl sites for hydroxylation is 1. The molecule has 1 aromatic rings. The second-order valence-corrected chi connectivity index (χ2v) is 5.67. The monoisotopic (exact) mass is 235 g/mol. The number of nitrogens with one attached hydrogen (secondary N) is 1. The molecule has 0 radical (unpaired) electrons. The lowest BCUT2D eigenvalue weighted by Gasteiger charge is -2.21. The van der Waals surface area contributed by atoms with Crippen molar-refractivity contribution in [2.24, 2.45) is 18.9 Å². The van der Waals surface area contributed by atoms with Crippen LogP contribution in [-0.4, -0.2) is 22.1 Å². The minimum Gasteiger partial charge on any atom is -0.338 e. The summed E-state index contributed by atoms with van der Waals surface area (Å²) in [6.07, 6.45) is 9.25. The Kier molecular flexibility index (Phi) is 4.21. The van der Waals surface area contributed by atoms with E-state index in [9.17, 15) is 0 Å². The van der Waals surface area contributed by atoms with Crippen LogP contribution in [0, 0.1) is 11.8 Å². The van der Waals surface area contributed by atoms with Gasteiger partial charge < -0.3 is 9.88 Å². The van der Waals surface area contributed by atoms with Crippen molar-refractivity contribution >= 4 is 0 Å². The Labute approximate surface area is 105 Å². The first-order valence-corrected chi connectivity index (χ1v) is 6.86. The van der Waals surface area contributed by atoms with E-state index in [4.69, 9.17) is 0 Å². The van der Waals surface area contributed by atoms with E-state index in [-0.39, 0.29) is 0 Å². The third-order valence-corrected chi connectivity index (χ3v) is 3.97. The summed E-state index contributed by atoms with van der Waals surface area (Å²) < 4.78 is 2.16. The molecule has 0 aromatic carbocycles. The van der Waals surface area contributed by atoms with Gasteiger partial charge in [0.2, 0.25) is 0 Å². The molecule has 1 saturated carbocycles. The first-order chi connectivity index (χ1) is 8.16. The highest BCUT2D eigenvalue weighted by Gasteiger charge is 2.28. The van der Waals surface area contributed by atoms with Crippen LogP contribution >= 0.6 is 0 Å². The minimum atomic E-state index is 0.601. The van der Waals surface area contributed by atoms with Gasteiger partial charge in [0.1, 0.15) is 5.82 Å². The van der Waals surface area contributed by atoms with Crippen molar-refractivity contribution in [3.05, 3.63) is 18.2 Å². The van der Waals surface area contributed by atoms with Gasteiger partial charge in [0.05, 0.1) is 0 Å². The van der Waals surface area contributed by atoms with E-state index in [1.54, 1.807) is 0 Å². The highest BCUT2D eigenvalue weighted by Crippen LogP contribution is 2.33. The number of hydrogen-bond donors (Lipinski definition) is 1. The lowest BCUT2D eigenvalue weighted by molar-refractivity contribution is 0.347. The summed E-state index contributed by atoms with van der Waals surface area (Å²) in [6, 6.07) is 0.601. The molecule has 2 rings (SSSR count). The maximum atomic E-state index is 4.45. The maximum absolute atomic E-state index is 4.45. The Hall–Kier alpha value is -0.830. The molecule has 0 amide bonds. The molecule has 3 heteroatoms. The molecule has 0 saturated heterocycles. The fraction of sp³-hybridized carbons (Fsp3) is 0.786. The van der Waals surface area contributed by atoms with Crippen molar-refractivity contribution in [3.63, 3.8) is 0 Å². The van der Waals surface area contributed by atoms with Crippen LogP contribution in [0.25, 0.3) is 0 Å². The minimum absolute atomic E-state index is 0.601. The average molecular weight is 235 g/mol. The summed E-state index contributed by atoms with van der Waals surface area (Å²) in [5.74, 6) is 2.91. The zero-order chi connectivity index (χ0) is 12.3. The van der Waals surface area contributed by atoms with E-state index in [0.29, 0.717) is 6.04 Å². The van der Waals surface area contributed by atoms with Crippen LogP contribution in [0.2, 0.25) is 0 Å². The molecule has 0 spiro atoms. The van der Waals surface area contributed by atoms with Crippen molar-refractivity contribution in [2.45, 2.75) is 45.6 Å². The van der Waals surface area contributed by atoms with Crippen molar-refractivity contribution < 1.29 is 0 Å². The Bertz CT molecular complexity index is 343. The summed E-state index contributed by atoms with van der Waals surface area (Å²) in [7, 11) is 2.10. The van der Waals surface area contributed by atoms with Gasteiger partial charge in [0, 0.05) is 31.9 Å². The van der Waals surface area contributed by atoms with Gasteiger partial charge >= 0.3 is 0 Å². The molecule has 1 heterocycles. The van der Waals surface area contributed by atoms with Gasteiger partial charge in [-0.1, -0.05) is 20.3 Å². The van der Waals surface area contributed by atoms with E-state index in [1.165, 1.54) is 31.6 Å². The Morgan fingerprint density at radius 2 is 2.18 bits per heavy atom. The van der Waals surface area contributed by atoms with Gasteiger partial charge in [0.25, 0.3) is 0 Å². The summed E-state index contributed by atoms with van der Waals surface area (Å²) in [5.41, 5.74) is 0. The first-order valence-electron chi connectivity index (χ1n) is 6.86. The maximum Gasteiger partial charge on any atom is 0.108 e. The highest BCUT2D eigenvalue weighted by molar-refractivity contribution is 4.95. The van der Waals surface area contributed by atoms with Gasteiger partial charge in [-0.3, -0.25) is 0 Å². The van der Waals surface area contributed by atoms with E-state index < -0.39 is 0 Å². The van der Waals surface area contributed by atoms with E-state index in [0.717, 1.165) is 18.3 Å².